The maximum absolute atomic E-state index is 5.79. The summed E-state index contributed by atoms with van der Waals surface area (Å²) in [4.78, 5) is 4.30. The average Bonchev–Trinajstić information content (AvgIpc) is 3.10. The number of aromatic nitrogens is 1. The van der Waals surface area contributed by atoms with Crippen molar-refractivity contribution in [2.24, 2.45) is 5.92 Å². The molecule has 0 aromatic carbocycles. The molecule has 1 heterocycles. The molecule has 4 nitrogen and oxygen atoms in total. The molecular formula is C12H17N3O. The topological polar surface area (TPSA) is 60.2 Å². The Kier molecular flexibility index (Phi) is 3.29. The number of hydrogen-bond acceptors (Lipinski definition) is 4. The second-order valence-corrected chi connectivity index (χ2v) is 4.01. The molecule has 0 unspecified atom stereocenters. The molecule has 2 rings (SSSR count). The molecule has 0 bridgehead atoms. The van der Waals surface area contributed by atoms with Crippen LogP contribution in [-0.4, -0.2) is 18.1 Å². The van der Waals surface area contributed by atoms with Gasteiger partial charge in [-0.1, -0.05) is 6.08 Å². The van der Waals surface area contributed by atoms with E-state index in [-0.39, 0.29) is 0 Å². The predicted molar refractivity (Wildman–Crippen MR) is 65.6 cm³/mol. The highest BCUT2D eigenvalue weighted by Crippen LogP contribution is 2.30. The fourth-order valence-electron chi connectivity index (χ4n) is 1.32. The van der Waals surface area contributed by atoms with Crippen molar-refractivity contribution in [2.75, 3.05) is 24.2 Å². The molecule has 1 aromatic rings. The van der Waals surface area contributed by atoms with Gasteiger partial charge in [0.2, 0.25) is 5.88 Å². The zero-order valence-electron chi connectivity index (χ0n) is 9.28. The highest BCUT2D eigenvalue weighted by molar-refractivity contribution is 5.53. The predicted octanol–water partition coefficient (Wildman–Crippen LogP) is 2.05. The van der Waals surface area contributed by atoms with Crippen molar-refractivity contribution < 1.29 is 4.74 Å². The molecule has 0 spiro atoms. The van der Waals surface area contributed by atoms with Gasteiger partial charge < -0.3 is 15.8 Å². The van der Waals surface area contributed by atoms with Crippen LogP contribution in [0.5, 0.6) is 5.88 Å². The van der Waals surface area contributed by atoms with E-state index in [1.165, 1.54) is 12.8 Å². The first kappa shape index (κ1) is 10.8. The molecule has 0 amide bonds. The normalized spacial score (nSPS) is 14.5. The fraction of sp³-hybridized carbons (Fsp3) is 0.417. The Hall–Kier alpha value is -1.71. The quantitative estimate of drug-likeness (QED) is 0.719. The van der Waals surface area contributed by atoms with Gasteiger partial charge in [-0.15, -0.1) is 6.58 Å². The van der Waals surface area contributed by atoms with Crippen molar-refractivity contribution in [1.29, 1.82) is 0 Å². The Morgan fingerprint density at radius 2 is 2.38 bits per heavy atom. The number of nitrogen functional groups attached to an aromatic ring is 1. The van der Waals surface area contributed by atoms with E-state index in [2.05, 4.69) is 16.9 Å². The molecule has 0 saturated heterocycles. The van der Waals surface area contributed by atoms with Gasteiger partial charge in [0.1, 0.15) is 5.82 Å². The van der Waals surface area contributed by atoms with Gasteiger partial charge in [0, 0.05) is 6.54 Å². The molecule has 4 heteroatoms. The summed E-state index contributed by atoms with van der Waals surface area (Å²) in [7, 11) is 0. The van der Waals surface area contributed by atoms with Crippen molar-refractivity contribution in [3.05, 3.63) is 24.8 Å². The van der Waals surface area contributed by atoms with Crippen molar-refractivity contribution in [2.45, 2.75) is 12.8 Å². The molecule has 16 heavy (non-hydrogen) atoms. The van der Waals surface area contributed by atoms with Crippen LogP contribution in [0.25, 0.3) is 0 Å². The zero-order valence-corrected chi connectivity index (χ0v) is 9.28. The monoisotopic (exact) mass is 219 g/mol. The van der Waals surface area contributed by atoms with E-state index in [0.29, 0.717) is 24.0 Å². The lowest BCUT2D eigenvalue weighted by molar-refractivity contribution is 0.290. The SMILES string of the molecule is C=CCNc1ccc(N)c(OCC2CC2)n1. The summed E-state index contributed by atoms with van der Waals surface area (Å²) in [6, 6.07) is 3.64. The van der Waals surface area contributed by atoms with Crippen molar-refractivity contribution in [3.8, 4) is 5.88 Å². The van der Waals surface area contributed by atoms with Gasteiger partial charge in [-0.05, 0) is 30.9 Å². The maximum atomic E-state index is 5.79. The molecule has 1 aliphatic rings. The minimum atomic E-state index is 0.529. The number of nitrogens with zero attached hydrogens (tertiary/aromatic N) is 1. The van der Waals surface area contributed by atoms with Crippen LogP contribution in [0.2, 0.25) is 0 Å². The van der Waals surface area contributed by atoms with Gasteiger partial charge in [-0.3, -0.25) is 0 Å². The first-order valence-electron chi connectivity index (χ1n) is 5.53. The number of pyridine rings is 1. The van der Waals surface area contributed by atoms with Gasteiger partial charge in [0.25, 0.3) is 0 Å². The molecular weight excluding hydrogens is 202 g/mol. The van der Waals surface area contributed by atoms with Crippen LogP contribution in [0.15, 0.2) is 24.8 Å². The highest BCUT2D eigenvalue weighted by atomic mass is 16.5. The molecule has 86 valence electrons. The fourth-order valence-corrected chi connectivity index (χ4v) is 1.32. The van der Waals surface area contributed by atoms with Gasteiger partial charge in [0.15, 0.2) is 0 Å². The van der Waals surface area contributed by atoms with Crippen LogP contribution < -0.4 is 15.8 Å². The summed E-state index contributed by atoms with van der Waals surface area (Å²) < 4.78 is 5.58. The third kappa shape index (κ3) is 2.89. The van der Waals surface area contributed by atoms with E-state index in [4.69, 9.17) is 10.5 Å². The number of hydrogen-bond donors (Lipinski definition) is 2. The van der Waals surface area contributed by atoms with E-state index in [1.54, 1.807) is 12.1 Å². The summed E-state index contributed by atoms with van der Waals surface area (Å²) in [5, 5.41) is 3.10. The number of anilines is 2. The second kappa shape index (κ2) is 4.88. The van der Waals surface area contributed by atoms with Crippen LogP contribution in [0.4, 0.5) is 11.5 Å². The first-order valence-corrected chi connectivity index (χ1v) is 5.53. The summed E-state index contributed by atoms with van der Waals surface area (Å²) in [6.45, 7) is 5.04. The molecule has 0 aliphatic heterocycles. The third-order valence-electron chi connectivity index (χ3n) is 2.47. The van der Waals surface area contributed by atoms with Crippen molar-refractivity contribution in [3.63, 3.8) is 0 Å². The number of ether oxygens (including phenoxy) is 1. The minimum Gasteiger partial charge on any atom is -0.476 e. The van der Waals surface area contributed by atoms with Gasteiger partial charge in [-0.2, -0.15) is 4.98 Å². The van der Waals surface area contributed by atoms with Crippen LogP contribution in [0, 0.1) is 5.92 Å². The Bertz CT molecular complexity index is 375. The van der Waals surface area contributed by atoms with Gasteiger partial charge >= 0.3 is 0 Å². The molecule has 3 N–H and O–H groups in total. The summed E-state index contributed by atoms with van der Waals surface area (Å²) in [5.41, 5.74) is 6.38. The lowest BCUT2D eigenvalue weighted by Gasteiger charge is -2.09. The molecule has 0 atom stereocenters. The summed E-state index contributed by atoms with van der Waals surface area (Å²) in [5.74, 6) is 1.99. The van der Waals surface area contributed by atoms with Gasteiger partial charge in [0.05, 0.1) is 12.3 Å². The Morgan fingerprint density at radius 1 is 1.56 bits per heavy atom. The van der Waals surface area contributed by atoms with Crippen LogP contribution >= 0.6 is 0 Å². The average molecular weight is 219 g/mol. The smallest absolute Gasteiger partial charge is 0.239 e. The highest BCUT2D eigenvalue weighted by Gasteiger charge is 2.22. The van der Waals surface area contributed by atoms with E-state index in [1.807, 2.05) is 6.07 Å². The number of nitrogens with one attached hydrogen (secondary N) is 1. The lowest BCUT2D eigenvalue weighted by atomic mass is 10.4. The van der Waals surface area contributed by atoms with Crippen LogP contribution in [-0.2, 0) is 0 Å². The zero-order chi connectivity index (χ0) is 11.4. The van der Waals surface area contributed by atoms with Gasteiger partial charge in [-0.25, -0.2) is 0 Å². The molecule has 1 saturated carbocycles. The number of rotatable bonds is 6. The Labute approximate surface area is 95.5 Å². The van der Waals surface area contributed by atoms with E-state index < -0.39 is 0 Å². The Balaban J connectivity index is 1.99. The summed E-state index contributed by atoms with van der Waals surface area (Å²) >= 11 is 0. The first-order chi connectivity index (χ1) is 7.79. The molecule has 1 fully saturated rings. The third-order valence-corrected chi connectivity index (χ3v) is 2.47. The summed E-state index contributed by atoms with van der Waals surface area (Å²) in [6.07, 6.45) is 4.30. The van der Waals surface area contributed by atoms with E-state index >= 15 is 0 Å². The second-order valence-electron chi connectivity index (χ2n) is 4.01. The van der Waals surface area contributed by atoms with Crippen molar-refractivity contribution >= 4 is 11.5 Å². The molecule has 0 radical (unpaired) electrons. The minimum absolute atomic E-state index is 0.529. The standard InChI is InChI=1S/C12H17N3O/c1-2-7-14-11-6-5-10(13)12(15-11)16-8-9-3-4-9/h2,5-6,9H,1,3-4,7-8,13H2,(H,14,15). The largest absolute Gasteiger partial charge is 0.476 e. The molecule has 1 aromatic heterocycles. The lowest BCUT2D eigenvalue weighted by Crippen LogP contribution is -2.06. The van der Waals surface area contributed by atoms with Crippen molar-refractivity contribution in [1.82, 2.24) is 4.98 Å². The van der Waals surface area contributed by atoms with E-state index in [9.17, 15) is 0 Å². The number of nitrogens with two attached hydrogens (primary N) is 1. The van der Waals surface area contributed by atoms with Crippen LogP contribution in [0.3, 0.4) is 0 Å². The van der Waals surface area contributed by atoms with Crippen LogP contribution in [0.1, 0.15) is 12.8 Å². The Morgan fingerprint density at radius 3 is 3.06 bits per heavy atom. The molecule has 1 aliphatic carbocycles. The van der Waals surface area contributed by atoms with E-state index in [0.717, 1.165) is 12.4 Å². The maximum Gasteiger partial charge on any atom is 0.239 e.